The molecule has 0 atom stereocenters. The minimum Gasteiger partial charge on any atom is -0.493 e. The van der Waals surface area contributed by atoms with E-state index in [1.807, 2.05) is 13.8 Å². The van der Waals surface area contributed by atoms with Gasteiger partial charge in [0.2, 0.25) is 0 Å². The first-order chi connectivity index (χ1) is 16.3. The van der Waals surface area contributed by atoms with Crippen molar-refractivity contribution in [1.29, 1.82) is 0 Å². The normalized spacial score (nSPS) is 13.1. The first kappa shape index (κ1) is 23.6. The number of amides is 2. The fourth-order valence-electron chi connectivity index (χ4n) is 4.07. The summed E-state index contributed by atoms with van der Waals surface area (Å²) in [5.74, 6) is 0.356. The Kier molecular flexibility index (Phi) is 6.79. The number of methoxy groups -OCH3 is 2. The number of hydrogen-bond donors (Lipinski definition) is 1. The van der Waals surface area contributed by atoms with E-state index in [1.165, 1.54) is 14.2 Å². The van der Waals surface area contributed by atoms with E-state index in [-0.39, 0.29) is 11.8 Å². The number of ether oxygens (including phenoxy) is 2. The average molecular weight is 483 g/mol. The standard InChI is InChI=1S/C25H27ClN4O4/c1-15-23(26)16(2)30(28-15)18-9-7-17(8-10-18)24(31)27-20-14-22(34-4)21(33-3)13-19(20)25(32)29-11-5-6-12-29/h7-10,13-14H,5-6,11-12H2,1-4H3,(H,27,31). The van der Waals surface area contributed by atoms with E-state index >= 15 is 0 Å². The van der Waals surface area contributed by atoms with Gasteiger partial charge < -0.3 is 19.7 Å². The molecule has 8 nitrogen and oxygen atoms in total. The van der Waals surface area contributed by atoms with Crippen molar-refractivity contribution in [3.8, 4) is 17.2 Å². The van der Waals surface area contributed by atoms with Gasteiger partial charge in [0.05, 0.1) is 47.6 Å². The van der Waals surface area contributed by atoms with E-state index in [2.05, 4.69) is 10.4 Å². The number of hydrogen-bond acceptors (Lipinski definition) is 5. The summed E-state index contributed by atoms with van der Waals surface area (Å²) in [7, 11) is 3.02. The molecule has 1 saturated heterocycles. The van der Waals surface area contributed by atoms with Gasteiger partial charge in [0.15, 0.2) is 11.5 Å². The Labute approximate surface area is 203 Å². The first-order valence-electron chi connectivity index (χ1n) is 11.0. The fraction of sp³-hybridized carbons (Fsp3) is 0.320. The summed E-state index contributed by atoms with van der Waals surface area (Å²) >= 11 is 6.26. The zero-order valence-electron chi connectivity index (χ0n) is 19.6. The van der Waals surface area contributed by atoms with Gasteiger partial charge in [-0.05, 0) is 57.0 Å². The number of halogens is 1. The number of aromatic nitrogens is 2. The summed E-state index contributed by atoms with van der Waals surface area (Å²) in [6, 6.07) is 10.2. The van der Waals surface area contributed by atoms with Crippen LogP contribution in [0.25, 0.3) is 5.69 Å². The summed E-state index contributed by atoms with van der Waals surface area (Å²) in [6.45, 7) is 5.12. The van der Waals surface area contributed by atoms with Crippen LogP contribution in [0.1, 0.15) is 44.9 Å². The van der Waals surface area contributed by atoms with Gasteiger partial charge in [-0.3, -0.25) is 9.59 Å². The molecule has 2 aromatic carbocycles. The molecule has 0 bridgehead atoms. The Bertz CT molecular complexity index is 1230. The molecule has 2 amide bonds. The number of anilines is 1. The Morgan fingerprint density at radius 2 is 1.62 bits per heavy atom. The fourth-order valence-corrected chi connectivity index (χ4v) is 4.19. The Morgan fingerprint density at radius 3 is 2.18 bits per heavy atom. The van der Waals surface area contributed by atoms with Gasteiger partial charge in [0.25, 0.3) is 11.8 Å². The van der Waals surface area contributed by atoms with E-state index < -0.39 is 0 Å². The molecule has 3 aromatic rings. The van der Waals surface area contributed by atoms with Crippen molar-refractivity contribution < 1.29 is 19.1 Å². The lowest BCUT2D eigenvalue weighted by Gasteiger charge is -2.20. The van der Waals surface area contributed by atoms with E-state index in [0.717, 1.165) is 29.9 Å². The number of nitrogens with zero attached hydrogens (tertiary/aromatic N) is 3. The molecule has 1 aromatic heterocycles. The maximum Gasteiger partial charge on any atom is 0.256 e. The van der Waals surface area contributed by atoms with Gasteiger partial charge in [-0.15, -0.1) is 0 Å². The van der Waals surface area contributed by atoms with Crippen LogP contribution < -0.4 is 14.8 Å². The predicted molar refractivity (Wildman–Crippen MR) is 131 cm³/mol. The van der Waals surface area contributed by atoms with Crippen LogP contribution in [0.3, 0.4) is 0 Å². The predicted octanol–water partition coefficient (Wildman–Crippen LogP) is 4.65. The highest BCUT2D eigenvalue weighted by molar-refractivity contribution is 6.31. The van der Waals surface area contributed by atoms with Gasteiger partial charge in [0, 0.05) is 24.7 Å². The second-order valence-corrected chi connectivity index (χ2v) is 8.53. The third kappa shape index (κ3) is 4.46. The van der Waals surface area contributed by atoms with Crippen LogP contribution in [0.5, 0.6) is 11.5 Å². The number of carbonyl (C=O) groups excluding carboxylic acids is 2. The third-order valence-corrected chi connectivity index (χ3v) is 6.52. The molecule has 9 heteroatoms. The van der Waals surface area contributed by atoms with Gasteiger partial charge >= 0.3 is 0 Å². The number of rotatable bonds is 6. The SMILES string of the molecule is COc1cc(NC(=O)c2ccc(-n3nc(C)c(Cl)c3C)cc2)c(C(=O)N2CCCC2)cc1OC. The molecule has 1 aliphatic heterocycles. The van der Waals surface area contributed by atoms with Crippen LogP contribution in [0.4, 0.5) is 5.69 Å². The second-order valence-electron chi connectivity index (χ2n) is 8.15. The maximum atomic E-state index is 13.2. The second kappa shape index (κ2) is 9.77. The molecule has 1 fully saturated rings. The highest BCUT2D eigenvalue weighted by atomic mass is 35.5. The molecular weight excluding hydrogens is 456 g/mol. The molecule has 0 spiro atoms. The topological polar surface area (TPSA) is 85.7 Å². The van der Waals surface area contributed by atoms with E-state index in [1.54, 1.807) is 46.0 Å². The first-order valence-corrected chi connectivity index (χ1v) is 11.4. The van der Waals surface area contributed by atoms with Crippen molar-refractivity contribution >= 4 is 29.1 Å². The molecule has 2 heterocycles. The van der Waals surface area contributed by atoms with Gasteiger partial charge in [0.1, 0.15) is 0 Å². The quantitative estimate of drug-likeness (QED) is 0.552. The summed E-state index contributed by atoms with van der Waals surface area (Å²) < 4.78 is 12.5. The molecule has 0 saturated carbocycles. The third-order valence-electron chi connectivity index (χ3n) is 5.97. The minimum absolute atomic E-state index is 0.148. The highest BCUT2D eigenvalue weighted by Gasteiger charge is 2.25. The van der Waals surface area contributed by atoms with Crippen LogP contribution in [-0.2, 0) is 0 Å². The number of carbonyl (C=O) groups is 2. The summed E-state index contributed by atoms with van der Waals surface area (Å²) in [6.07, 6.45) is 1.93. The van der Waals surface area contributed by atoms with E-state index in [0.29, 0.717) is 46.4 Å². The van der Waals surface area contributed by atoms with Crippen molar-refractivity contribution in [3.63, 3.8) is 0 Å². The van der Waals surface area contributed by atoms with Gasteiger partial charge in [-0.1, -0.05) is 11.6 Å². The summed E-state index contributed by atoms with van der Waals surface area (Å²) in [5.41, 5.74) is 3.53. The number of benzene rings is 2. The smallest absolute Gasteiger partial charge is 0.256 e. The molecule has 1 N–H and O–H groups in total. The van der Waals surface area contributed by atoms with Crippen LogP contribution in [-0.4, -0.2) is 53.8 Å². The largest absolute Gasteiger partial charge is 0.493 e. The highest BCUT2D eigenvalue weighted by Crippen LogP contribution is 2.35. The van der Waals surface area contributed by atoms with Crippen molar-refractivity contribution in [1.82, 2.24) is 14.7 Å². The number of nitrogens with one attached hydrogen (secondary N) is 1. The monoisotopic (exact) mass is 482 g/mol. The molecule has 34 heavy (non-hydrogen) atoms. The molecule has 0 aliphatic carbocycles. The van der Waals surface area contributed by atoms with Crippen molar-refractivity contribution in [2.75, 3.05) is 32.6 Å². The zero-order chi connectivity index (χ0) is 24.4. The molecule has 178 valence electrons. The van der Waals surface area contributed by atoms with Gasteiger partial charge in [-0.25, -0.2) is 4.68 Å². The molecule has 1 aliphatic rings. The Morgan fingerprint density at radius 1 is 1.00 bits per heavy atom. The van der Waals surface area contributed by atoms with Crippen LogP contribution in [0, 0.1) is 13.8 Å². The molecule has 4 rings (SSSR count). The molecule has 0 radical (unpaired) electrons. The number of likely N-dealkylation sites (tertiary alicyclic amines) is 1. The van der Waals surface area contributed by atoms with Crippen LogP contribution in [0.15, 0.2) is 36.4 Å². The lowest BCUT2D eigenvalue weighted by molar-refractivity contribution is 0.0793. The number of aryl methyl sites for hydroxylation is 1. The maximum absolute atomic E-state index is 13.2. The Hall–Kier alpha value is -3.52. The lowest BCUT2D eigenvalue weighted by atomic mass is 10.1. The van der Waals surface area contributed by atoms with Crippen molar-refractivity contribution in [2.24, 2.45) is 0 Å². The minimum atomic E-state index is -0.347. The van der Waals surface area contributed by atoms with Crippen molar-refractivity contribution in [3.05, 3.63) is 63.9 Å². The Balaban J connectivity index is 1.62. The summed E-state index contributed by atoms with van der Waals surface area (Å²) in [4.78, 5) is 28.0. The molecule has 0 unspecified atom stereocenters. The lowest BCUT2D eigenvalue weighted by Crippen LogP contribution is -2.29. The summed E-state index contributed by atoms with van der Waals surface area (Å²) in [5, 5.41) is 7.93. The van der Waals surface area contributed by atoms with E-state index in [4.69, 9.17) is 21.1 Å². The van der Waals surface area contributed by atoms with E-state index in [9.17, 15) is 9.59 Å². The van der Waals surface area contributed by atoms with Gasteiger partial charge in [-0.2, -0.15) is 5.10 Å². The average Bonchev–Trinajstić information content (AvgIpc) is 3.48. The van der Waals surface area contributed by atoms with Crippen LogP contribution in [0.2, 0.25) is 5.02 Å². The van der Waals surface area contributed by atoms with Crippen LogP contribution >= 0.6 is 11.6 Å². The zero-order valence-corrected chi connectivity index (χ0v) is 20.4. The van der Waals surface area contributed by atoms with Crippen molar-refractivity contribution in [2.45, 2.75) is 26.7 Å². The molecular formula is C25H27ClN4O4.